The molecule has 1 rings (SSSR count). The van der Waals surface area contributed by atoms with Gasteiger partial charge in [-0.3, -0.25) is 4.79 Å². The third-order valence-electron chi connectivity index (χ3n) is 2.90. The molecule has 0 heterocycles. The van der Waals surface area contributed by atoms with E-state index in [9.17, 15) is 9.90 Å². The van der Waals surface area contributed by atoms with E-state index in [2.05, 4.69) is 0 Å². The highest BCUT2D eigenvalue weighted by Crippen LogP contribution is 2.34. The Hall–Kier alpha value is -1.79. The molecule has 0 spiro atoms. The summed E-state index contributed by atoms with van der Waals surface area (Å²) in [5.41, 5.74) is 6.75. The number of hydrogen-bond acceptors (Lipinski definition) is 5. The van der Waals surface area contributed by atoms with E-state index in [1.54, 1.807) is 26.3 Å². The van der Waals surface area contributed by atoms with Crippen LogP contribution in [0.4, 0.5) is 5.69 Å². The minimum absolute atomic E-state index is 0.116. The number of anilines is 1. The first kappa shape index (κ1) is 15.3. The Kier molecular flexibility index (Phi) is 5.14. The predicted molar refractivity (Wildman–Crippen MR) is 72.8 cm³/mol. The number of ether oxygens (including phenoxy) is 2. The van der Waals surface area contributed by atoms with Gasteiger partial charge >= 0.3 is 0 Å². The Morgan fingerprint density at radius 1 is 1.37 bits per heavy atom. The summed E-state index contributed by atoms with van der Waals surface area (Å²) in [7, 11) is 4.65. The van der Waals surface area contributed by atoms with Crippen LogP contribution >= 0.6 is 0 Å². The molecule has 1 amide bonds. The Balaban J connectivity index is 3.16. The fourth-order valence-corrected chi connectivity index (χ4v) is 1.77. The summed E-state index contributed by atoms with van der Waals surface area (Å²) in [6.45, 7) is 1.73. The normalized spacial score (nSPS) is 11.9. The number of methoxy groups -OCH3 is 2. The molecule has 0 saturated heterocycles. The lowest BCUT2D eigenvalue weighted by Crippen LogP contribution is -2.40. The van der Waals surface area contributed by atoms with Crippen LogP contribution in [-0.2, 0) is 4.79 Å². The summed E-state index contributed by atoms with van der Waals surface area (Å²) < 4.78 is 10.4. The number of aliphatic hydroxyl groups excluding tert-OH is 1. The van der Waals surface area contributed by atoms with Gasteiger partial charge in [0, 0.05) is 19.7 Å². The van der Waals surface area contributed by atoms with Crippen molar-refractivity contribution in [1.82, 2.24) is 0 Å². The molecule has 1 unspecified atom stereocenters. The molecule has 0 radical (unpaired) electrons. The zero-order valence-electron chi connectivity index (χ0n) is 11.6. The van der Waals surface area contributed by atoms with Gasteiger partial charge in [0.1, 0.15) is 6.10 Å². The quantitative estimate of drug-likeness (QED) is 0.802. The molecule has 3 N–H and O–H groups in total. The molecule has 0 aliphatic carbocycles. The highest BCUT2D eigenvalue weighted by atomic mass is 16.5. The summed E-state index contributed by atoms with van der Waals surface area (Å²) in [6.07, 6.45) is -1.21. The second kappa shape index (κ2) is 6.40. The standard InChI is InChI=1S/C13H20N2O4/c1-8-5-11(18-3)12(19-4)6-9(8)15(2)13(17)10(16)7-14/h5-6,10,16H,7,14H2,1-4H3. The van der Waals surface area contributed by atoms with Crippen LogP contribution < -0.4 is 20.1 Å². The molecule has 6 nitrogen and oxygen atoms in total. The lowest BCUT2D eigenvalue weighted by atomic mass is 10.1. The monoisotopic (exact) mass is 268 g/mol. The van der Waals surface area contributed by atoms with Crippen molar-refractivity contribution in [2.24, 2.45) is 5.73 Å². The molecule has 0 saturated carbocycles. The van der Waals surface area contributed by atoms with E-state index in [0.29, 0.717) is 17.2 Å². The van der Waals surface area contributed by atoms with E-state index in [-0.39, 0.29) is 6.54 Å². The number of carbonyl (C=O) groups is 1. The molecule has 0 aliphatic heterocycles. The fraction of sp³-hybridized carbons (Fsp3) is 0.462. The minimum atomic E-state index is -1.21. The first-order valence-corrected chi connectivity index (χ1v) is 5.84. The molecular weight excluding hydrogens is 248 g/mol. The molecule has 106 valence electrons. The number of likely N-dealkylation sites (N-methyl/N-ethyl adjacent to an activating group) is 1. The van der Waals surface area contributed by atoms with Gasteiger partial charge in [-0.2, -0.15) is 0 Å². The van der Waals surface area contributed by atoms with Gasteiger partial charge in [-0.25, -0.2) is 0 Å². The van der Waals surface area contributed by atoms with Crippen LogP contribution in [0.1, 0.15) is 5.56 Å². The number of carbonyl (C=O) groups excluding carboxylic acids is 1. The summed E-state index contributed by atoms with van der Waals surface area (Å²) in [5.74, 6) is 0.645. The van der Waals surface area contributed by atoms with Crippen molar-refractivity contribution in [2.75, 3.05) is 32.7 Å². The van der Waals surface area contributed by atoms with Crippen LogP contribution in [0.5, 0.6) is 11.5 Å². The van der Waals surface area contributed by atoms with E-state index in [0.717, 1.165) is 5.56 Å². The van der Waals surface area contributed by atoms with Crippen LogP contribution in [0.3, 0.4) is 0 Å². The predicted octanol–water partition coefficient (Wildman–Crippen LogP) is 0.295. The van der Waals surface area contributed by atoms with Crippen molar-refractivity contribution >= 4 is 11.6 Å². The Bertz CT molecular complexity index is 462. The maximum atomic E-state index is 11.9. The number of aliphatic hydroxyl groups is 1. The van der Waals surface area contributed by atoms with Crippen molar-refractivity contribution in [3.8, 4) is 11.5 Å². The van der Waals surface area contributed by atoms with Crippen LogP contribution in [0.25, 0.3) is 0 Å². The maximum Gasteiger partial charge on any atom is 0.256 e. The zero-order valence-corrected chi connectivity index (χ0v) is 11.6. The third kappa shape index (κ3) is 3.15. The van der Waals surface area contributed by atoms with E-state index in [4.69, 9.17) is 15.2 Å². The van der Waals surface area contributed by atoms with E-state index < -0.39 is 12.0 Å². The summed E-state index contributed by atoms with van der Waals surface area (Å²) in [6, 6.07) is 3.46. The van der Waals surface area contributed by atoms with Crippen LogP contribution in [-0.4, -0.2) is 44.9 Å². The molecule has 0 bridgehead atoms. The molecular formula is C13H20N2O4. The number of amides is 1. The van der Waals surface area contributed by atoms with Gasteiger partial charge in [0.05, 0.1) is 19.9 Å². The largest absolute Gasteiger partial charge is 0.493 e. The summed E-state index contributed by atoms with van der Waals surface area (Å²) in [5, 5.41) is 9.50. The van der Waals surface area contributed by atoms with E-state index >= 15 is 0 Å². The summed E-state index contributed by atoms with van der Waals surface area (Å²) in [4.78, 5) is 13.3. The van der Waals surface area contributed by atoms with Crippen molar-refractivity contribution < 1.29 is 19.4 Å². The lowest BCUT2D eigenvalue weighted by Gasteiger charge is -2.23. The molecule has 1 atom stereocenters. The van der Waals surface area contributed by atoms with E-state index in [1.165, 1.54) is 12.0 Å². The lowest BCUT2D eigenvalue weighted by molar-refractivity contribution is -0.125. The molecule has 19 heavy (non-hydrogen) atoms. The average molecular weight is 268 g/mol. The highest BCUT2D eigenvalue weighted by molar-refractivity contribution is 5.97. The van der Waals surface area contributed by atoms with Gasteiger partial charge in [-0.05, 0) is 18.6 Å². The number of nitrogens with zero attached hydrogens (tertiary/aromatic N) is 1. The van der Waals surface area contributed by atoms with Gasteiger partial charge in [-0.1, -0.05) is 0 Å². The van der Waals surface area contributed by atoms with Crippen molar-refractivity contribution in [2.45, 2.75) is 13.0 Å². The Morgan fingerprint density at radius 3 is 2.37 bits per heavy atom. The Labute approximate surface area is 112 Å². The molecule has 0 aromatic heterocycles. The minimum Gasteiger partial charge on any atom is -0.493 e. The molecule has 1 aromatic rings. The molecule has 6 heteroatoms. The topological polar surface area (TPSA) is 85.0 Å². The number of benzene rings is 1. The Morgan fingerprint density at radius 2 is 1.89 bits per heavy atom. The van der Waals surface area contributed by atoms with Gasteiger partial charge in [0.15, 0.2) is 11.5 Å². The molecule has 0 aliphatic rings. The summed E-state index contributed by atoms with van der Waals surface area (Å²) >= 11 is 0. The van der Waals surface area contributed by atoms with Crippen molar-refractivity contribution in [3.05, 3.63) is 17.7 Å². The molecule has 0 fully saturated rings. The van der Waals surface area contributed by atoms with Gasteiger partial charge in [-0.15, -0.1) is 0 Å². The number of rotatable bonds is 5. The highest BCUT2D eigenvalue weighted by Gasteiger charge is 2.21. The number of nitrogens with two attached hydrogens (primary N) is 1. The second-order valence-electron chi connectivity index (χ2n) is 4.14. The first-order chi connectivity index (χ1) is 8.96. The second-order valence-corrected chi connectivity index (χ2v) is 4.14. The number of aryl methyl sites for hydroxylation is 1. The van der Waals surface area contributed by atoms with Crippen LogP contribution in [0, 0.1) is 6.92 Å². The van der Waals surface area contributed by atoms with Gasteiger partial charge in [0.25, 0.3) is 5.91 Å². The smallest absolute Gasteiger partial charge is 0.256 e. The first-order valence-electron chi connectivity index (χ1n) is 5.84. The molecule has 1 aromatic carbocycles. The number of hydrogen-bond donors (Lipinski definition) is 2. The maximum absolute atomic E-state index is 11.9. The van der Waals surface area contributed by atoms with E-state index in [1.807, 2.05) is 6.92 Å². The van der Waals surface area contributed by atoms with Crippen LogP contribution in [0.2, 0.25) is 0 Å². The zero-order chi connectivity index (χ0) is 14.6. The van der Waals surface area contributed by atoms with Crippen molar-refractivity contribution in [1.29, 1.82) is 0 Å². The van der Waals surface area contributed by atoms with Crippen molar-refractivity contribution in [3.63, 3.8) is 0 Å². The SMILES string of the molecule is COc1cc(C)c(N(C)C(=O)C(O)CN)cc1OC. The third-order valence-corrected chi connectivity index (χ3v) is 2.90. The van der Waals surface area contributed by atoms with Gasteiger partial charge in [0.2, 0.25) is 0 Å². The fourth-order valence-electron chi connectivity index (χ4n) is 1.77. The average Bonchev–Trinajstić information content (AvgIpc) is 2.44. The van der Waals surface area contributed by atoms with Gasteiger partial charge < -0.3 is 25.2 Å². The van der Waals surface area contributed by atoms with Crippen LogP contribution in [0.15, 0.2) is 12.1 Å².